The molecule has 1 fully saturated rings. The van der Waals surface area contributed by atoms with Crippen molar-refractivity contribution >= 4 is 28.5 Å². The van der Waals surface area contributed by atoms with Crippen LogP contribution in [-0.2, 0) is 17.4 Å². The van der Waals surface area contributed by atoms with E-state index in [1.54, 1.807) is 19.5 Å². The van der Waals surface area contributed by atoms with Gasteiger partial charge in [-0.25, -0.2) is 4.98 Å². The van der Waals surface area contributed by atoms with Crippen molar-refractivity contribution in [2.75, 3.05) is 25.1 Å². The fourth-order valence-electron chi connectivity index (χ4n) is 3.08. The molecule has 1 aromatic carbocycles. The minimum atomic E-state index is -0.345. The summed E-state index contributed by atoms with van der Waals surface area (Å²) < 4.78 is 7.64. The van der Waals surface area contributed by atoms with Crippen molar-refractivity contribution in [2.24, 2.45) is 7.05 Å². The smallest absolute Gasteiger partial charge is 0.148 e. The Balaban J connectivity index is 1.62. The van der Waals surface area contributed by atoms with Crippen molar-refractivity contribution in [3.63, 3.8) is 0 Å². The van der Waals surface area contributed by atoms with E-state index in [2.05, 4.69) is 20.0 Å². The molecule has 0 atom stereocenters. The van der Waals surface area contributed by atoms with Crippen molar-refractivity contribution in [1.82, 2.24) is 19.7 Å². The predicted octanol–water partition coefficient (Wildman–Crippen LogP) is 2.38. The molecule has 0 aliphatic carbocycles. The summed E-state index contributed by atoms with van der Waals surface area (Å²) in [6, 6.07) is 7.53. The molecule has 0 bridgehead atoms. The molecule has 118 valence electrons. The minimum absolute atomic E-state index is 0.345. The zero-order valence-electron chi connectivity index (χ0n) is 12.9. The number of halogens is 1. The summed E-state index contributed by atoms with van der Waals surface area (Å²) in [5.74, 6) is 0.842. The highest BCUT2D eigenvalue weighted by atomic mass is 35.5. The molecule has 0 saturated carbocycles. The van der Waals surface area contributed by atoms with E-state index in [0.29, 0.717) is 5.02 Å². The number of ether oxygens (including phenoxy) is 1. The van der Waals surface area contributed by atoms with E-state index in [1.807, 2.05) is 36.0 Å². The van der Waals surface area contributed by atoms with Gasteiger partial charge in [0.05, 0.1) is 36.0 Å². The Morgan fingerprint density at radius 3 is 2.74 bits per heavy atom. The molecule has 1 saturated heterocycles. The molecule has 2 aromatic heterocycles. The molecule has 0 spiro atoms. The lowest BCUT2D eigenvalue weighted by molar-refractivity contribution is -0.0447. The fourth-order valence-corrected chi connectivity index (χ4v) is 3.24. The van der Waals surface area contributed by atoms with Crippen molar-refractivity contribution in [3.8, 4) is 0 Å². The predicted molar refractivity (Wildman–Crippen MR) is 88.7 cm³/mol. The number of rotatable bonds is 3. The number of aryl methyl sites for hydroxylation is 1. The zero-order valence-corrected chi connectivity index (χ0v) is 13.7. The van der Waals surface area contributed by atoms with E-state index in [1.165, 1.54) is 0 Å². The van der Waals surface area contributed by atoms with Crippen molar-refractivity contribution in [3.05, 3.63) is 47.4 Å². The fraction of sp³-hybridized carbons (Fsp3) is 0.312. The first kappa shape index (κ1) is 14.4. The summed E-state index contributed by atoms with van der Waals surface area (Å²) in [4.78, 5) is 11.3. The average Bonchev–Trinajstić information content (AvgIpc) is 2.93. The van der Waals surface area contributed by atoms with E-state index >= 15 is 0 Å². The van der Waals surface area contributed by atoms with Gasteiger partial charge in [0.25, 0.3) is 0 Å². The summed E-state index contributed by atoms with van der Waals surface area (Å²) in [6.45, 7) is 1.44. The van der Waals surface area contributed by atoms with Crippen LogP contribution < -0.4 is 4.90 Å². The Bertz CT molecular complexity index is 872. The van der Waals surface area contributed by atoms with Crippen LogP contribution in [0.1, 0.15) is 5.69 Å². The lowest BCUT2D eigenvalue weighted by Crippen LogP contribution is -2.61. The van der Waals surface area contributed by atoms with Crippen LogP contribution in [0.2, 0.25) is 5.02 Å². The molecule has 23 heavy (non-hydrogen) atoms. The van der Waals surface area contributed by atoms with E-state index < -0.39 is 0 Å². The summed E-state index contributed by atoms with van der Waals surface area (Å²) >= 11 is 5.98. The Morgan fingerprint density at radius 2 is 2.04 bits per heavy atom. The number of fused-ring (bicyclic) bond motifs is 1. The van der Waals surface area contributed by atoms with Gasteiger partial charge in [-0.15, -0.1) is 0 Å². The van der Waals surface area contributed by atoms with Gasteiger partial charge in [0, 0.05) is 25.4 Å². The Kier molecular flexibility index (Phi) is 3.25. The number of nitrogens with zero attached hydrogens (tertiary/aromatic N) is 5. The van der Waals surface area contributed by atoms with E-state index in [0.717, 1.165) is 35.6 Å². The van der Waals surface area contributed by atoms with Crippen LogP contribution >= 0.6 is 11.6 Å². The molecule has 3 heterocycles. The van der Waals surface area contributed by atoms with Crippen LogP contribution in [0.25, 0.3) is 11.0 Å². The lowest BCUT2D eigenvalue weighted by Gasteiger charge is -2.49. The van der Waals surface area contributed by atoms with Gasteiger partial charge >= 0.3 is 0 Å². The zero-order chi connectivity index (χ0) is 16.0. The monoisotopic (exact) mass is 329 g/mol. The maximum absolute atomic E-state index is 5.98. The second kappa shape index (κ2) is 5.18. The number of hydrogen-bond donors (Lipinski definition) is 0. The molecule has 0 radical (unpaired) electrons. The van der Waals surface area contributed by atoms with Crippen molar-refractivity contribution in [2.45, 2.75) is 5.60 Å². The summed E-state index contributed by atoms with van der Waals surface area (Å²) in [7, 11) is 3.66. The molecule has 0 N–H and O–H groups in total. The summed E-state index contributed by atoms with van der Waals surface area (Å²) in [5, 5.41) is 4.90. The van der Waals surface area contributed by atoms with Gasteiger partial charge < -0.3 is 9.64 Å². The number of methoxy groups -OCH3 is 1. The number of benzene rings is 1. The standard InChI is InChI=1S/C16H16ClN5O/c1-21-14(5-6-19-21)16(23-2)9-22(10-16)15-8-18-13-7-11(17)3-4-12(13)20-15/h3-8H,9-10H2,1-2H3. The van der Waals surface area contributed by atoms with Gasteiger partial charge in [-0.2, -0.15) is 5.10 Å². The molecule has 6 nitrogen and oxygen atoms in total. The molecule has 0 unspecified atom stereocenters. The van der Waals surface area contributed by atoms with Crippen LogP contribution in [0.5, 0.6) is 0 Å². The molecule has 4 rings (SSSR count). The van der Waals surface area contributed by atoms with Crippen LogP contribution in [0.4, 0.5) is 5.82 Å². The number of anilines is 1. The van der Waals surface area contributed by atoms with Gasteiger partial charge in [-0.05, 0) is 24.3 Å². The maximum atomic E-state index is 5.98. The Hall–Kier alpha value is -2.18. The summed E-state index contributed by atoms with van der Waals surface area (Å²) in [5.41, 5.74) is 2.35. The highest BCUT2D eigenvalue weighted by molar-refractivity contribution is 6.31. The van der Waals surface area contributed by atoms with Gasteiger partial charge in [0.15, 0.2) is 0 Å². The van der Waals surface area contributed by atoms with Gasteiger partial charge in [0.2, 0.25) is 0 Å². The highest BCUT2D eigenvalue weighted by Gasteiger charge is 2.47. The highest BCUT2D eigenvalue weighted by Crippen LogP contribution is 2.37. The Labute approximate surface area is 138 Å². The molecular formula is C16H16ClN5O. The minimum Gasteiger partial charge on any atom is -0.368 e. The van der Waals surface area contributed by atoms with Gasteiger partial charge in [-0.1, -0.05) is 11.6 Å². The lowest BCUT2D eigenvalue weighted by atomic mass is 9.90. The SMILES string of the molecule is COC1(c2ccnn2C)CN(c2cnc3cc(Cl)ccc3n2)C1. The molecule has 7 heteroatoms. The first-order chi connectivity index (χ1) is 11.1. The molecular weight excluding hydrogens is 314 g/mol. The van der Waals surface area contributed by atoms with E-state index in [9.17, 15) is 0 Å². The van der Waals surface area contributed by atoms with Crippen LogP contribution in [0.15, 0.2) is 36.7 Å². The van der Waals surface area contributed by atoms with E-state index in [4.69, 9.17) is 16.3 Å². The normalized spacial score (nSPS) is 16.6. The van der Waals surface area contributed by atoms with E-state index in [-0.39, 0.29) is 5.60 Å². The largest absolute Gasteiger partial charge is 0.368 e. The number of aromatic nitrogens is 4. The maximum Gasteiger partial charge on any atom is 0.148 e. The quantitative estimate of drug-likeness (QED) is 0.738. The number of hydrogen-bond acceptors (Lipinski definition) is 5. The molecule has 1 aliphatic heterocycles. The third-order valence-corrected chi connectivity index (χ3v) is 4.62. The second-order valence-corrected chi connectivity index (χ2v) is 6.19. The Morgan fingerprint density at radius 1 is 1.22 bits per heavy atom. The first-order valence-corrected chi connectivity index (χ1v) is 7.70. The molecule has 0 amide bonds. The van der Waals surface area contributed by atoms with Crippen LogP contribution in [0.3, 0.4) is 0 Å². The summed E-state index contributed by atoms with van der Waals surface area (Å²) in [6.07, 6.45) is 3.57. The molecule has 1 aliphatic rings. The van der Waals surface area contributed by atoms with Gasteiger partial charge in [0.1, 0.15) is 11.4 Å². The average molecular weight is 330 g/mol. The third kappa shape index (κ3) is 2.26. The van der Waals surface area contributed by atoms with Crippen LogP contribution in [-0.4, -0.2) is 39.9 Å². The van der Waals surface area contributed by atoms with Gasteiger partial charge in [-0.3, -0.25) is 9.67 Å². The van der Waals surface area contributed by atoms with Crippen LogP contribution in [0, 0.1) is 0 Å². The van der Waals surface area contributed by atoms with Crippen molar-refractivity contribution < 1.29 is 4.74 Å². The topological polar surface area (TPSA) is 56.1 Å². The first-order valence-electron chi connectivity index (χ1n) is 7.32. The van der Waals surface area contributed by atoms with Crippen molar-refractivity contribution in [1.29, 1.82) is 0 Å². The third-order valence-electron chi connectivity index (χ3n) is 4.39. The molecule has 3 aromatic rings. The second-order valence-electron chi connectivity index (χ2n) is 5.76.